The van der Waals surface area contributed by atoms with E-state index in [0.717, 1.165) is 29.7 Å². The molecule has 0 spiro atoms. The Labute approximate surface area is 205 Å². The number of aromatic nitrogens is 2. The number of H-pyrrole nitrogens is 1. The van der Waals surface area contributed by atoms with Crippen LogP contribution in [0.15, 0.2) is 83.8 Å². The quantitative estimate of drug-likeness (QED) is 0.422. The van der Waals surface area contributed by atoms with E-state index in [1.807, 2.05) is 47.4 Å². The van der Waals surface area contributed by atoms with Gasteiger partial charge in [0.25, 0.3) is 15.9 Å². The van der Waals surface area contributed by atoms with Crippen LogP contribution in [0.25, 0.3) is 11.0 Å². The molecule has 1 aromatic heterocycles. The molecule has 0 unspecified atom stereocenters. The lowest BCUT2D eigenvalue weighted by molar-refractivity contribution is 0.0711. The molecule has 0 bridgehead atoms. The lowest BCUT2D eigenvalue weighted by Gasteiger charge is -2.31. The molecule has 35 heavy (non-hydrogen) atoms. The number of aromatic amines is 1. The summed E-state index contributed by atoms with van der Waals surface area (Å²) in [4.78, 5) is 23.2. The van der Waals surface area contributed by atoms with Crippen LogP contribution in [0.3, 0.4) is 0 Å². The number of nitrogens with one attached hydrogen (secondary N) is 1. The molecule has 180 valence electrons. The third-order valence-electron chi connectivity index (χ3n) is 6.60. The first-order valence-corrected chi connectivity index (χ1v) is 13.3. The highest BCUT2D eigenvalue weighted by Gasteiger charge is 2.28. The zero-order valence-electron chi connectivity index (χ0n) is 19.6. The smallest absolute Gasteiger partial charge is 0.264 e. The van der Waals surface area contributed by atoms with Gasteiger partial charge in [0.05, 0.1) is 21.6 Å². The minimum atomic E-state index is -3.72. The molecule has 1 N–H and O–H groups in total. The van der Waals surface area contributed by atoms with E-state index in [9.17, 15) is 13.2 Å². The molecule has 5 rings (SSSR count). The van der Waals surface area contributed by atoms with Crippen molar-refractivity contribution in [1.29, 1.82) is 0 Å². The first-order valence-electron chi connectivity index (χ1n) is 11.9. The molecule has 1 amide bonds. The van der Waals surface area contributed by atoms with Crippen LogP contribution in [0.5, 0.6) is 0 Å². The van der Waals surface area contributed by atoms with Crippen LogP contribution in [0, 0.1) is 0 Å². The lowest BCUT2D eigenvalue weighted by Crippen LogP contribution is -2.38. The van der Waals surface area contributed by atoms with E-state index in [0.29, 0.717) is 30.9 Å². The van der Waals surface area contributed by atoms with Crippen molar-refractivity contribution in [3.8, 4) is 0 Å². The van der Waals surface area contributed by atoms with E-state index in [-0.39, 0.29) is 16.7 Å². The van der Waals surface area contributed by atoms with Gasteiger partial charge in [0, 0.05) is 31.1 Å². The normalized spacial score (nSPS) is 14.8. The van der Waals surface area contributed by atoms with Crippen LogP contribution in [0.1, 0.15) is 41.9 Å². The third-order valence-corrected chi connectivity index (χ3v) is 8.51. The second-order valence-corrected chi connectivity index (χ2v) is 10.6. The standard InChI is InChI=1S/C27H28N4O3S/c1-2-31(22-8-4-3-5-9-22)35(33,34)23-14-12-21(13-15-23)27(32)30-18-16-20(17-19-30)26-28-24-10-6-7-11-25(24)29-26/h3-15,20H,2,16-19H2,1H3,(H,28,29). The highest BCUT2D eigenvalue weighted by molar-refractivity contribution is 7.92. The molecule has 0 radical (unpaired) electrons. The molecule has 0 aliphatic carbocycles. The number of benzene rings is 3. The minimum absolute atomic E-state index is 0.0765. The van der Waals surface area contributed by atoms with E-state index < -0.39 is 10.0 Å². The summed E-state index contributed by atoms with van der Waals surface area (Å²) in [6, 6.07) is 23.3. The third kappa shape index (κ3) is 4.53. The molecule has 2 heterocycles. The number of imidazole rings is 1. The van der Waals surface area contributed by atoms with Crippen LogP contribution in [0.2, 0.25) is 0 Å². The molecule has 7 nitrogen and oxygen atoms in total. The van der Waals surface area contributed by atoms with E-state index >= 15 is 0 Å². The molecule has 3 aromatic carbocycles. The van der Waals surface area contributed by atoms with Crippen molar-refractivity contribution in [2.75, 3.05) is 23.9 Å². The van der Waals surface area contributed by atoms with E-state index in [2.05, 4.69) is 4.98 Å². The predicted molar refractivity (Wildman–Crippen MR) is 137 cm³/mol. The van der Waals surface area contributed by atoms with Crippen molar-refractivity contribution < 1.29 is 13.2 Å². The number of carbonyl (C=O) groups is 1. The summed E-state index contributed by atoms with van der Waals surface area (Å²) in [6.45, 7) is 3.39. The number of para-hydroxylation sites is 3. The number of hydrogen-bond acceptors (Lipinski definition) is 4. The fourth-order valence-corrected chi connectivity index (χ4v) is 6.16. The molecule has 0 atom stereocenters. The highest BCUT2D eigenvalue weighted by atomic mass is 32.2. The maximum absolute atomic E-state index is 13.2. The van der Waals surface area contributed by atoms with Crippen LogP contribution in [-0.4, -0.2) is 48.8 Å². The summed E-state index contributed by atoms with van der Waals surface area (Å²) in [5.41, 5.74) is 3.10. The Hall–Kier alpha value is -3.65. The lowest BCUT2D eigenvalue weighted by atomic mass is 9.95. The number of rotatable bonds is 6. The predicted octanol–water partition coefficient (Wildman–Crippen LogP) is 4.80. The number of sulfonamides is 1. The molecule has 1 saturated heterocycles. The van der Waals surface area contributed by atoms with E-state index in [4.69, 9.17) is 4.98 Å². The van der Waals surface area contributed by atoms with Crippen LogP contribution in [0.4, 0.5) is 5.69 Å². The van der Waals surface area contributed by atoms with Gasteiger partial charge in [-0.15, -0.1) is 0 Å². The van der Waals surface area contributed by atoms with Crippen molar-refractivity contribution in [2.24, 2.45) is 0 Å². The number of piperidine rings is 1. The molecule has 1 fully saturated rings. The topological polar surface area (TPSA) is 86.4 Å². The molecule has 0 saturated carbocycles. The first-order chi connectivity index (χ1) is 17.0. The SMILES string of the molecule is CCN(c1ccccc1)S(=O)(=O)c1ccc(C(=O)N2CCC(c3nc4ccccc4[nH]3)CC2)cc1. The molecule has 8 heteroatoms. The number of nitrogens with zero attached hydrogens (tertiary/aromatic N) is 3. The summed E-state index contributed by atoms with van der Waals surface area (Å²) in [5, 5.41) is 0. The van der Waals surface area contributed by atoms with Gasteiger partial charge < -0.3 is 9.88 Å². The minimum Gasteiger partial charge on any atom is -0.342 e. The van der Waals surface area contributed by atoms with Crippen molar-refractivity contribution >= 4 is 32.7 Å². The van der Waals surface area contributed by atoms with Crippen molar-refractivity contribution in [3.05, 3.63) is 90.3 Å². The maximum atomic E-state index is 13.2. The molecule has 1 aliphatic rings. The Morgan fingerprint density at radius 1 is 0.971 bits per heavy atom. The van der Waals surface area contributed by atoms with Gasteiger partial charge in [0.15, 0.2) is 0 Å². The van der Waals surface area contributed by atoms with Gasteiger partial charge in [-0.2, -0.15) is 0 Å². The van der Waals surface area contributed by atoms with Crippen molar-refractivity contribution in [2.45, 2.75) is 30.6 Å². The maximum Gasteiger partial charge on any atom is 0.264 e. The van der Waals surface area contributed by atoms with Crippen LogP contribution in [-0.2, 0) is 10.0 Å². The summed E-state index contributed by atoms with van der Waals surface area (Å²) in [5.74, 6) is 1.19. The molecular weight excluding hydrogens is 460 g/mol. The average molecular weight is 489 g/mol. The van der Waals surface area contributed by atoms with Crippen LogP contribution >= 0.6 is 0 Å². The molecule has 4 aromatic rings. The summed E-state index contributed by atoms with van der Waals surface area (Å²) in [6.07, 6.45) is 1.67. The van der Waals surface area contributed by atoms with Gasteiger partial charge >= 0.3 is 0 Å². The van der Waals surface area contributed by atoms with Gasteiger partial charge in [0.1, 0.15) is 5.82 Å². The second kappa shape index (κ2) is 9.54. The fourth-order valence-electron chi connectivity index (χ4n) is 4.69. The van der Waals surface area contributed by atoms with Crippen LogP contribution < -0.4 is 4.31 Å². The Balaban J connectivity index is 1.26. The van der Waals surface area contributed by atoms with Gasteiger partial charge in [-0.25, -0.2) is 13.4 Å². The van der Waals surface area contributed by atoms with Gasteiger partial charge in [-0.1, -0.05) is 30.3 Å². The Kier molecular flexibility index (Phi) is 6.30. The molecular formula is C27H28N4O3S. The zero-order chi connectivity index (χ0) is 24.4. The highest BCUT2D eigenvalue weighted by Crippen LogP contribution is 2.29. The number of anilines is 1. The van der Waals surface area contributed by atoms with Crippen molar-refractivity contribution in [1.82, 2.24) is 14.9 Å². The number of hydrogen-bond donors (Lipinski definition) is 1. The summed E-state index contributed by atoms with van der Waals surface area (Å²) < 4.78 is 27.8. The van der Waals surface area contributed by atoms with Gasteiger partial charge in [-0.05, 0) is 68.3 Å². The fraction of sp³-hybridized carbons (Fsp3) is 0.259. The number of fused-ring (bicyclic) bond motifs is 1. The molecule has 1 aliphatic heterocycles. The Bertz CT molecular complexity index is 1390. The monoisotopic (exact) mass is 488 g/mol. The second-order valence-electron chi connectivity index (χ2n) is 8.74. The Morgan fingerprint density at radius 2 is 1.63 bits per heavy atom. The number of carbonyl (C=O) groups excluding carboxylic acids is 1. The summed E-state index contributed by atoms with van der Waals surface area (Å²) >= 11 is 0. The van der Waals surface area contributed by atoms with Gasteiger partial charge in [0.2, 0.25) is 0 Å². The van der Waals surface area contributed by atoms with E-state index in [1.165, 1.54) is 16.4 Å². The Morgan fingerprint density at radius 3 is 2.29 bits per heavy atom. The van der Waals surface area contributed by atoms with Crippen molar-refractivity contribution in [3.63, 3.8) is 0 Å². The van der Waals surface area contributed by atoms with E-state index in [1.54, 1.807) is 31.2 Å². The number of likely N-dealkylation sites (tertiary alicyclic amines) is 1. The summed E-state index contributed by atoms with van der Waals surface area (Å²) in [7, 11) is -3.72. The zero-order valence-corrected chi connectivity index (χ0v) is 20.4. The average Bonchev–Trinajstić information content (AvgIpc) is 3.34. The largest absolute Gasteiger partial charge is 0.342 e. The first kappa shape index (κ1) is 23.1. The number of amides is 1. The van der Waals surface area contributed by atoms with Gasteiger partial charge in [-0.3, -0.25) is 9.10 Å².